The zero-order valence-electron chi connectivity index (χ0n) is 10.8. The SMILES string of the molecule is CC[C@@H](CC[C@H]1C=C(N)NC1)c1ccc(F)cc1. The lowest BCUT2D eigenvalue weighted by Crippen LogP contribution is -2.16. The monoisotopic (exact) mass is 248 g/mol. The molecule has 1 aliphatic rings. The van der Waals surface area contributed by atoms with Gasteiger partial charge in [0.2, 0.25) is 0 Å². The summed E-state index contributed by atoms with van der Waals surface area (Å²) in [6.45, 7) is 3.14. The maximum atomic E-state index is 12.9. The number of nitrogens with one attached hydrogen (secondary N) is 1. The predicted octanol–water partition coefficient (Wildman–Crippen LogP) is 3.12. The van der Waals surface area contributed by atoms with Gasteiger partial charge in [-0.25, -0.2) is 4.39 Å². The Balaban J connectivity index is 1.91. The average molecular weight is 248 g/mol. The molecule has 0 radical (unpaired) electrons. The van der Waals surface area contributed by atoms with Gasteiger partial charge in [-0.3, -0.25) is 0 Å². The average Bonchev–Trinajstić information content (AvgIpc) is 2.78. The molecule has 3 heteroatoms. The van der Waals surface area contributed by atoms with Crippen LogP contribution in [0, 0.1) is 11.7 Å². The maximum absolute atomic E-state index is 12.9. The van der Waals surface area contributed by atoms with Gasteiger partial charge >= 0.3 is 0 Å². The van der Waals surface area contributed by atoms with Crippen LogP contribution in [-0.2, 0) is 0 Å². The van der Waals surface area contributed by atoms with Gasteiger partial charge in [-0.1, -0.05) is 19.1 Å². The van der Waals surface area contributed by atoms with Gasteiger partial charge in [0, 0.05) is 6.54 Å². The summed E-state index contributed by atoms with van der Waals surface area (Å²) >= 11 is 0. The van der Waals surface area contributed by atoms with Crippen LogP contribution in [0.3, 0.4) is 0 Å². The van der Waals surface area contributed by atoms with Crippen LogP contribution in [0.1, 0.15) is 37.7 Å². The van der Waals surface area contributed by atoms with Crippen molar-refractivity contribution in [2.45, 2.75) is 32.1 Å². The van der Waals surface area contributed by atoms with E-state index < -0.39 is 0 Å². The molecule has 0 saturated heterocycles. The highest BCUT2D eigenvalue weighted by Gasteiger charge is 2.16. The van der Waals surface area contributed by atoms with E-state index >= 15 is 0 Å². The van der Waals surface area contributed by atoms with Crippen LogP contribution in [0.15, 0.2) is 36.2 Å². The second kappa shape index (κ2) is 5.89. The minimum atomic E-state index is -0.163. The first kappa shape index (κ1) is 12.9. The number of nitrogens with two attached hydrogens (primary N) is 1. The summed E-state index contributed by atoms with van der Waals surface area (Å²) in [6, 6.07) is 6.90. The molecule has 0 saturated carbocycles. The van der Waals surface area contributed by atoms with Gasteiger partial charge in [0.1, 0.15) is 5.82 Å². The zero-order chi connectivity index (χ0) is 13.0. The van der Waals surface area contributed by atoms with Crippen molar-refractivity contribution in [1.29, 1.82) is 0 Å². The van der Waals surface area contributed by atoms with Gasteiger partial charge in [-0.15, -0.1) is 0 Å². The third-order valence-corrected chi connectivity index (χ3v) is 3.70. The van der Waals surface area contributed by atoms with E-state index in [0.29, 0.717) is 11.8 Å². The summed E-state index contributed by atoms with van der Waals surface area (Å²) in [4.78, 5) is 0. The number of halogens is 1. The van der Waals surface area contributed by atoms with Crippen LogP contribution in [0.25, 0.3) is 0 Å². The third-order valence-electron chi connectivity index (χ3n) is 3.70. The zero-order valence-corrected chi connectivity index (χ0v) is 10.8. The summed E-state index contributed by atoms with van der Waals surface area (Å²) in [6.07, 6.45) is 5.45. The number of hydrogen-bond acceptors (Lipinski definition) is 2. The van der Waals surface area contributed by atoms with E-state index in [1.165, 1.54) is 5.56 Å². The van der Waals surface area contributed by atoms with Crippen molar-refractivity contribution in [3.05, 3.63) is 47.5 Å². The Bertz CT molecular complexity index is 411. The van der Waals surface area contributed by atoms with E-state index in [1.54, 1.807) is 12.1 Å². The molecule has 98 valence electrons. The number of rotatable bonds is 5. The summed E-state index contributed by atoms with van der Waals surface area (Å²) < 4.78 is 12.9. The quantitative estimate of drug-likeness (QED) is 0.840. The lowest BCUT2D eigenvalue weighted by atomic mass is 9.89. The molecule has 1 heterocycles. The van der Waals surface area contributed by atoms with Crippen molar-refractivity contribution in [3.8, 4) is 0 Å². The first-order valence-electron chi connectivity index (χ1n) is 6.65. The van der Waals surface area contributed by atoms with Crippen molar-refractivity contribution >= 4 is 0 Å². The molecule has 2 atom stereocenters. The van der Waals surface area contributed by atoms with Crippen molar-refractivity contribution < 1.29 is 4.39 Å². The lowest BCUT2D eigenvalue weighted by Gasteiger charge is -2.17. The second-order valence-electron chi connectivity index (χ2n) is 5.00. The van der Waals surface area contributed by atoms with Crippen LogP contribution in [0.2, 0.25) is 0 Å². The molecular weight excluding hydrogens is 227 g/mol. The van der Waals surface area contributed by atoms with Gasteiger partial charge in [-0.2, -0.15) is 0 Å². The van der Waals surface area contributed by atoms with E-state index in [2.05, 4.69) is 18.3 Å². The number of benzene rings is 1. The Morgan fingerprint density at radius 2 is 2.11 bits per heavy atom. The number of hydrogen-bond donors (Lipinski definition) is 2. The minimum Gasteiger partial charge on any atom is -0.386 e. The Labute approximate surface area is 108 Å². The topological polar surface area (TPSA) is 38.0 Å². The molecule has 18 heavy (non-hydrogen) atoms. The Hall–Kier alpha value is -1.51. The fourth-order valence-electron chi connectivity index (χ4n) is 2.56. The summed E-state index contributed by atoms with van der Waals surface area (Å²) in [5, 5.41) is 3.15. The molecule has 0 aliphatic carbocycles. The van der Waals surface area contributed by atoms with E-state index in [4.69, 9.17) is 5.73 Å². The van der Waals surface area contributed by atoms with Crippen LogP contribution in [-0.4, -0.2) is 6.54 Å². The van der Waals surface area contributed by atoms with Crippen LogP contribution >= 0.6 is 0 Å². The molecule has 2 nitrogen and oxygen atoms in total. The second-order valence-corrected chi connectivity index (χ2v) is 5.00. The van der Waals surface area contributed by atoms with Gasteiger partial charge in [0.25, 0.3) is 0 Å². The van der Waals surface area contributed by atoms with Crippen molar-refractivity contribution in [1.82, 2.24) is 5.32 Å². The molecule has 3 N–H and O–H groups in total. The Morgan fingerprint density at radius 1 is 1.39 bits per heavy atom. The summed E-state index contributed by atoms with van der Waals surface area (Å²) in [5.41, 5.74) is 6.94. The standard InChI is InChI=1S/C15H21FN2/c1-2-12(13-5-7-14(16)8-6-13)4-3-11-9-15(17)18-10-11/h5-9,11-12,18H,2-4,10,17H2,1H3/t11-,12-/m0/s1. The van der Waals surface area contributed by atoms with Crippen molar-refractivity contribution in [3.63, 3.8) is 0 Å². The van der Waals surface area contributed by atoms with E-state index in [9.17, 15) is 4.39 Å². The summed E-state index contributed by atoms with van der Waals surface area (Å²) in [7, 11) is 0. The molecule has 0 amide bonds. The smallest absolute Gasteiger partial charge is 0.123 e. The molecule has 0 fully saturated rings. The largest absolute Gasteiger partial charge is 0.386 e. The molecule has 2 rings (SSSR count). The van der Waals surface area contributed by atoms with Gasteiger partial charge < -0.3 is 11.1 Å². The molecule has 1 aliphatic heterocycles. The van der Waals surface area contributed by atoms with Crippen LogP contribution in [0.4, 0.5) is 4.39 Å². The first-order chi connectivity index (χ1) is 8.69. The lowest BCUT2D eigenvalue weighted by molar-refractivity contribution is 0.502. The highest BCUT2D eigenvalue weighted by Crippen LogP contribution is 2.27. The van der Waals surface area contributed by atoms with Gasteiger partial charge in [0.15, 0.2) is 0 Å². The fraction of sp³-hybridized carbons (Fsp3) is 0.467. The maximum Gasteiger partial charge on any atom is 0.123 e. The first-order valence-corrected chi connectivity index (χ1v) is 6.65. The molecule has 1 aromatic rings. The van der Waals surface area contributed by atoms with Crippen LogP contribution < -0.4 is 11.1 Å². The Kier molecular flexibility index (Phi) is 4.24. The van der Waals surface area contributed by atoms with Gasteiger partial charge in [0.05, 0.1) is 5.82 Å². The molecule has 1 aromatic carbocycles. The van der Waals surface area contributed by atoms with Crippen molar-refractivity contribution in [2.24, 2.45) is 11.7 Å². The summed E-state index contributed by atoms with van der Waals surface area (Å²) in [5.74, 6) is 1.69. The molecule has 0 unspecified atom stereocenters. The fourth-order valence-corrected chi connectivity index (χ4v) is 2.56. The minimum absolute atomic E-state index is 0.163. The van der Waals surface area contributed by atoms with E-state index in [-0.39, 0.29) is 5.82 Å². The van der Waals surface area contributed by atoms with E-state index in [1.807, 2.05) is 12.1 Å². The predicted molar refractivity (Wildman–Crippen MR) is 72.4 cm³/mol. The van der Waals surface area contributed by atoms with E-state index in [0.717, 1.165) is 31.6 Å². The highest BCUT2D eigenvalue weighted by molar-refractivity contribution is 5.20. The third kappa shape index (κ3) is 3.25. The van der Waals surface area contributed by atoms with Crippen LogP contribution in [0.5, 0.6) is 0 Å². The van der Waals surface area contributed by atoms with Crippen molar-refractivity contribution in [2.75, 3.05) is 6.54 Å². The normalized spacial score (nSPS) is 20.3. The van der Waals surface area contributed by atoms with Gasteiger partial charge in [-0.05, 0) is 54.9 Å². The molecule has 0 spiro atoms. The highest BCUT2D eigenvalue weighted by atomic mass is 19.1. The molecule has 0 bridgehead atoms. The molecule has 0 aromatic heterocycles. The molecular formula is C15H21FN2. The Morgan fingerprint density at radius 3 is 2.67 bits per heavy atom.